The lowest BCUT2D eigenvalue weighted by molar-refractivity contribution is 0.220. The zero-order chi connectivity index (χ0) is 12.6. The monoisotopic (exact) mass is 378 g/mol. The molecule has 5 heteroatoms. The molecule has 0 saturated carbocycles. The average molecular weight is 380 g/mol. The summed E-state index contributed by atoms with van der Waals surface area (Å²) >= 11 is 8.08. The maximum absolute atomic E-state index is 13.1. The first-order valence-corrected chi connectivity index (χ1v) is 7.28. The fraction of sp³-hybridized carbons (Fsp3) is 0.167. The van der Waals surface area contributed by atoms with E-state index in [9.17, 15) is 9.50 Å². The Bertz CT molecular complexity index is 553. The van der Waals surface area contributed by atoms with Gasteiger partial charge in [0.05, 0.1) is 8.26 Å². The molecule has 2 aromatic rings. The molecule has 0 fully saturated rings. The number of benzene rings is 1. The molecule has 1 atom stereocenters. The zero-order valence-corrected chi connectivity index (χ0v) is 12.9. The Balaban J connectivity index is 2.40. The van der Waals surface area contributed by atoms with Crippen molar-refractivity contribution in [1.82, 2.24) is 0 Å². The molecule has 0 saturated heterocycles. The molecule has 1 nitrogen and oxygen atoms in total. The minimum Gasteiger partial charge on any atom is -0.384 e. The molecule has 2 rings (SSSR count). The van der Waals surface area contributed by atoms with Gasteiger partial charge in [-0.3, -0.25) is 0 Å². The van der Waals surface area contributed by atoms with Gasteiger partial charge in [-0.15, -0.1) is 11.3 Å². The summed E-state index contributed by atoms with van der Waals surface area (Å²) in [6.07, 6.45) is -0.727. The third kappa shape index (κ3) is 2.78. The van der Waals surface area contributed by atoms with E-state index in [1.54, 1.807) is 23.5 Å². The van der Waals surface area contributed by atoms with Crippen molar-refractivity contribution in [3.8, 4) is 0 Å². The molecule has 1 aromatic carbocycles. The summed E-state index contributed by atoms with van der Waals surface area (Å²) in [6, 6.07) is 6.43. The van der Waals surface area contributed by atoms with Crippen LogP contribution < -0.4 is 0 Å². The average Bonchev–Trinajstić information content (AvgIpc) is 2.61. The second-order valence-corrected chi connectivity index (χ2v) is 7.13. The number of aryl methyl sites for hydroxylation is 1. The number of hydrogen-bond acceptors (Lipinski definition) is 2. The Morgan fingerprint density at radius 3 is 2.53 bits per heavy atom. The summed E-state index contributed by atoms with van der Waals surface area (Å²) in [5.74, 6) is -0.329. The van der Waals surface area contributed by atoms with Gasteiger partial charge < -0.3 is 5.11 Å². The Kier molecular flexibility index (Phi) is 4.02. The lowest BCUT2D eigenvalue weighted by atomic mass is 10.0. The van der Waals surface area contributed by atoms with Crippen LogP contribution in [-0.2, 0) is 0 Å². The summed E-state index contributed by atoms with van der Waals surface area (Å²) < 4.78 is 14.5. The Labute approximate surface area is 120 Å². The summed E-state index contributed by atoms with van der Waals surface area (Å²) in [6.45, 7) is 1.95. The van der Waals surface area contributed by atoms with Crippen molar-refractivity contribution in [2.75, 3.05) is 0 Å². The van der Waals surface area contributed by atoms with Crippen molar-refractivity contribution in [3.63, 3.8) is 0 Å². The van der Waals surface area contributed by atoms with Crippen LogP contribution in [0.15, 0.2) is 32.5 Å². The summed E-state index contributed by atoms with van der Waals surface area (Å²) in [5, 5.41) is 10.2. The molecule has 0 radical (unpaired) electrons. The van der Waals surface area contributed by atoms with Crippen LogP contribution in [0.25, 0.3) is 0 Å². The van der Waals surface area contributed by atoms with E-state index >= 15 is 0 Å². The minimum atomic E-state index is -0.727. The topological polar surface area (TPSA) is 20.2 Å². The molecule has 0 aliphatic heterocycles. The predicted octanol–water partition coefficient (Wildman–Crippen LogP) is 4.80. The first-order valence-electron chi connectivity index (χ1n) is 4.88. The van der Waals surface area contributed by atoms with Gasteiger partial charge in [0.25, 0.3) is 0 Å². The SMILES string of the molecule is Cc1sc(Br)cc1C(O)c1ccc(F)c(Br)c1. The highest BCUT2D eigenvalue weighted by Crippen LogP contribution is 2.34. The van der Waals surface area contributed by atoms with Gasteiger partial charge in [0, 0.05) is 4.88 Å². The highest BCUT2D eigenvalue weighted by atomic mass is 79.9. The van der Waals surface area contributed by atoms with Gasteiger partial charge in [-0.1, -0.05) is 6.07 Å². The van der Waals surface area contributed by atoms with Gasteiger partial charge in [0.2, 0.25) is 0 Å². The molecule has 1 aromatic heterocycles. The first kappa shape index (κ1) is 13.2. The lowest BCUT2D eigenvalue weighted by Crippen LogP contribution is -2.00. The number of halogens is 3. The number of aliphatic hydroxyl groups excluding tert-OH is 1. The molecule has 17 heavy (non-hydrogen) atoms. The molecule has 0 aliphatic carbocycles. The molecule has 0 spiro atoms. The fourth-order valence-electron chi connectivity index (χ4n) is 1.59. The summed E-state index contributed by atoms with van der Waals surface area (Å²) in [5.41, 5.74) is 1.52. The third-order valence-electron chi connectivity index (χ3n) is 2.48. The molecular weight excluding hydrogens is 371 g/mol. The van der Waals surface area contributed by atoms with Crippen LogP contribution in [0.5, 0.6) is 0 Å². The van der Waals surface area contributed by atoms with Crippen LogP contribution in [0.3, 0.4) is 0 Å². The van der Waals surface area contributed by atoms with Crippen molar-refractivity contribution >= 4 is 43.2 Å². The molecule has 90 valence electrons. The summed E-state index contributed by atoms with van der Waals surface area (Å²) in [4.78, 5) is 1.05. The van der Waals surface area contributed by atoms with Crippen molar-refractivity contribution in [1.29, 1.82) is 0 Å². The quantitative estimate of drug-likeness (QED) is 0.794. The van der Waals surface area contributed by atoms with Crippen molar-refractivity contribution < 1.29 is 9.50 Å². The van der Waals surface area contributed by atoms with Crippen molar-refractivity contribution in [2.45, 2.75) is 13.0 Å². The summed E-state index contributed by atoms with van der Waals surface area (Å²) in [7, 11) is 0. The van der Waals surface area contributed by atoms with E-state index in [0.29, 0.717) is 10.0 Å². The maximum atomic E-state index is 13.1. The third-order valence-corrected chi connectivity index (χ3v) is 4.66. The zero-order valence-electron chi connectivity index (χ0n) is 8.88. The molecule has 1 N–H and O–H groups in total. The largest absolute Gasteiger partial charge is 0.384 e. The van der Waals surface area contributed by atoms with Crippen molar-refractivity contribution in [2.24, 2.45) is 0 Å². The van der Waals surface area contributed by atoms with Crippen LogP contribution in [0.1, 0.15) is 22.1 Å². The molecule has 1 unspecified atom stereocenters. The molecular formula is C12H9Br2FOS. The smallest absolute Gasteiger partial charge is 0.137 e. The van der Waals surface area contributed by atoms with Crippen molar-refractivity contribution in [3.05, 3.63) is 54.3 Å². The number of hydrogen-bond donors (Lipinski definition) is 1. The molecule has 0 aliphatic rings. The fourth-order valence-corrected chi connectivity index (χ4v) is 3.73. The molecule has 1 heterocycles. The molecule has 0 amide bonds. The highest BCUT2D eigenvalue weighted by molar-refractivity contribution is 9.11. The minimum absolute atomic E-state index is 0.329. The predicted molar refractivity (Wildman–Crippen MR) is 74.9 cm³/mol. The van der Waals surface area contributed by atoms with Crippen LogP contribution >= 0.6 is 43.2 Å². The van der Waals surface area contributed by atoms with Crippen LogP contribution in [0.2, 0.25) is 0 Å². The van der Waals surface area contributed by atoms with E-state index in [4.69, 9.17) is 0 Å². The number of thiophene rings is 1. The van der Waals surface area contributed by atoms with E-state index in [-0.39, 0.29) is 5.82 Å². The highest BCUT2D eigenvalue weighted by Gasteiger charge is 2.16. The second kappa shape index (κ2) is 5.18. The maximum Gasteiger partial charge on any atom is 0.137 e. The van der Waals surface area contributed by atoms with Gasteiger partial charge in [-0.2, -0.15) is 0 Å². The second-order valence-electron chi connectivity index (χ2n) is 3.64. The van der Waals surface area contributed by atoms with Crippen LogP contribution in [-0.4, -0.2) is 5.11 Å². The Morgan fingerprint density at radius 1 is 1.29 bits per heavy atom. The Morgan fingerprint density at radius 2 is 2.00 bits per heavy atom. The lowest BCUT2D eigenvalue weighted by Gasteiger charge is -2.11. The standard InChI is InChI=1S/C12H9Br2FOS/c1-6-8(5-11(14)17-6)12(16)7-2-3-10(15)9(13)4-7/h2-5,12,16H,1H3. The van der Waals surface area contributed by atoms with E-state index < -0.39 is 6.10 Å². The first-order chi connectivity index (χ1) is 7.99. The van der Waals surface area contributed by atoms with E-state index in [2.05, 4.69) is 31.9 Å². The van der Waals surface area contributed by atoms with Gasteiger partial charge in [-0.25, -0.2) is 4.39 Å². The van der Waals surface area contributed by atoms with Crippen LogP contribution in [0.4, 0.5) is 4.39 Å². The van der Waals surface area contributed by atoms with Gasteiger partial charge in [0.15, 0.2) is 0 Å². The number of rotatable bonds is 2. The van der Waals surface area contributed by atoms with E-state index in [1.165, 1.54) is 6.07 Å². The van der Waals surface area contributed by atoms with E-state index in [0.717, 1.165) is 14.2 Å². The molecule has 0 bridgehead atoms. The van der Waals surface area contributed by atoms with Gasteiger partial charge in [-0.05, 0) is 68.1 Å². The Hall–Kier alpha value is -0.230. The normalized spacial score (nSPS) is 12.8. The number of aliphatic hydroxyl groups is 1. The van der Waals surface area contributed by atoms with E-state index in [1.807, 2.05) is 13.0 Å². The van der Waals surface area contributed by atoms with Gasteiger partial charge >= 0.3 is 0 Å². The van der Waals surface area contributed by atoms with Crippen LogP contribution in [0, 0.1) is 12.7 Å². The van der Waals surface area contributed by atoms with Gasteiger partial charge in [0.1, 0.15) is 11.9 Å².